The van der Waals surface area contributed by atoms with Crippen LogP contribution in [0.1, 0.15) is 5.56 Å². The van der Waals surface area contributed by atoms with Crippen LogP contribution in [0.3, 0.4) is 0 Å². The molecule has 4 aromatic rings. The van der Waals surface area contributed by atoms with E-state index in [9.17, 15) is 21.6 Å². The first kappa shape index (κ1) is 30.7. The summed E-state index contributed by atoms with van der Waals surface area (Å²) < 4.78 is 67.0. The second-order valence-corrected chi connectivity index (χ2v) is 13.0. The molecule has 1 amide bonds. The van der Waals surface area contributed by atoms with E-state index >= 15 is 0 Å². The van der Waals surface area contributed by atoms with Gasteiger partial charge in [-0.25, -0.2) is 16.8 Å². The van der Waals surface area contributed by atoms with Crippen LogP contribution >= 0.6 is 11.6 Å². The molecule has 0 aliphatic carbocycles. The third-order valence-corrected chi connectivity index (χ3v) is 9.58. The standard InChI is InChI=1S/C29H28ClN3O7S2/c1-20-6-4-5-7-27(20)33(42(37,38)25-13-8-21(30)9-14-25)19-29(34)31-22-10-15-24(16-11-22)41(35,36)32-26-17-12-23(39-2)18-28(26)40-3/h4-18,32H,19H2,1-3H3,(H,31,34). The molecule has 220 valence electrons. The van der Waals surface area contributed by atoms with Crippen molar-refractivity contribution in [3.05, 3.63) is 102 Å². The third-order valence-electron chi connectivity index (χ3n) is 6.17. The van der Waals surface area contributed by atoms with E-state index in [0.29, 0.717) is 22.0 Å². The van der Waals surface area contributed by atoms with Crippen LogP contribution < -0.4 is 23.8 Å². The lowest BCUT2D eigenvalue weighted by Gasteiger charge is -2.25. The van der Waals surface area contributed by atoms with Gasteiger partial charge in [-0.1, -0.05) is 29.8 Å². The Morgan fingerprint density at radius 3 is 2.10 bits per heavy atom. The summed E-state index contributed by atoms with van der Waals surface area (Å²) in [6.07, 6.45) is 0. The normalized spacial score (nSPS) is 11.4. The minimum Gasteiger partial charge on any atom is -0.497 e. The number of para-hydroxylation sites is 1. The van der Waals surface area contributed by atoms with Crippen molar-refractivity contribution in [3.8, 4) is 11.5 Å². The molecule has 0 bridgehead atoms. The van der Waals surface area contributed by atoms with Crippen molar-refractivity contribution < 1.29 is 31.1 Å². The summed E-state index contributed by atoms with van der Waals surface area (Å²) in [6, 6.07) is 22.6. The smallest absolute Gasteiger partial charge is 0.264 e. The average Bonchev–Trinajstić information content (AvgIpc) is 2.97. The quantitative estimate of drug-likeness (QED) is 0.230. The molecule has 0 heterocycles. The average molecular weight is 630 g/mol. The van der Waals surface area contributed by atoms with Crippen molar-refractivity contribution in [3.63, 3.8) is 0 Å². The number of hydrogen-bond donors (Lipinski definition) is 2. The van der Waals surface area contributed by atoms with Gasteiger partial charge in [0.05, 0.1) is 35.4 Å². The Morgan fingerprint density at radius 2 is 1.48 bits per heavy atom. The van der Waals surface area contributed by atoms with Gasteiger partial charge in [0.1, 0.15) is 18.0 Å². The fourth-order valence-electron chi connectivity index (χ4n) is 4.01. The molecule has 0 aliphatic heterocycles. The highest BCUT2D eigenvalue weighted by molar-refractivity contribution is 7.93. The van der Waals surface area contributed by atoms with Gasteiger partial charge in [-0.05, 0) is 79.2 Å². The molecule has 0 saturated heterocycles. The van der Waals surface area contributed by atoms with Crippen LogP contribution in [0.25, 0.3) is 0 Å². The van der Waals surface area contributed by atoms with Gasteiger partial charge >= 0.3 is 0 Å². The lowest BCUT2D eigenvalue weighted by Crippen LogP contribution is -2.38. The zero-order valence-electron chi connectivity index (χ0n) is 22.9. The summed E-state index contributed by atoms with van der Waals surface area (Å²) >= 11 is 5.94. The van der Waals surface area contributed by atoms with E-state index in [0.717, 1.165) is 4.31 Å². The molecule has 2 N–H and O–H groups in total. The van der Waals surface area contributed by atoms with Crippen molar-refractivity contribution in [1.29, 1.82) is 0 Å². The van der Waals surface area contributed by atoms with Crippen LogP contribution in [0.4, 0.5) is 17.1 Å². The first-order valence-electron chi connectivity index (χ1n) is 12.4. The molecular formula is C29H28ClN3O7S2. The largest absolute Gasteiger partial charge is 0.497 e. The molecule has 0 fully saturated rings. The second kappa shape index (κ2) is 12.7. The molecule has 0 aliphatic rings. The van der Waals surface area contributed by atoms with Gasteiger partial charge < -0.3 is 14.8 Å². The maximum atomic E-state index is 13.6. The summed E-state index contributed by atoms with van der Waals surface area (Å²) in [7, 11) is -5.25. The Balaban J connectivity index is 1.53. The minimum absolute atomic E-state index is 0.0292. The minimum atomic E-state index is -4.14. The third kappa shape index (κ3) is 6.96. The first-order valence-corrected chi connectivity index (χ1v) is 15.7. The number of aryl methyl sites for hydroxylation is 1. The van der Waals surface area contributed by atoms with Gasteiger partial charge in [0.2, 0.25) is 5.91 Å². The summed E-state index contributed by atoms with van der Waals surface area (Å²) in [5, 5.41) is 3.01. The van der Waals surface area contributed by atoms with Crippen LogP contribution in [-0.2, 0) is 24.8 Å². The summed E-state index contributed by atoms with van der Waals surface area (Å²) in [4.78, 5) is 13.0. The van der Waals surface area contributed by atoms with E-state index in [2.05, 4.69) is 10.0 Å². The molecule has 0 aromatic heterocycles. The van der Waals surface area contributed by atoms with Gasteiger partial charge in [0.25, 0.3) is 20.0 Å². The van der Waals surface area contributed by atoms with Crippen molar-refractivity contribution >= 4 is 54.6 Å². The van der Waals surface area contributed by atoms with Crippen molar-refractivity contribution in [2.45, 2.75) is 16.7 Å². The number of hydrogen-bond acceptors (Lipinski definition) is 7. The predicted molar refractivity (Wildman–Crippen MR) is 163 cm³/mol. The van der Waals surface area contributed by atoms with Crippen LogP contribution in [0.2, 0.25) is 5.02 Å². The van der Waals surface area contributed by atoms with Gasteiger partial charge in [-0.2, -0.15) is 0 Å². The van der Waals surface area contributed by atoms with Gasteiger partial charge in [0, 0.05) is 16.8 Å². The number of halogens is 1. The van der Waals surface area contributed by atoms with Crippen molar-refractivity contribution in [1.82, 2.24) is 0 Å². The maximum Gasteiger partial charge on any atom is 0.264 e. The molecule has 0 unspecified atom stereocenters. The highest BCUT2D eigenvalue weighted by atomic mass is 35.5. The highest BCUT2D eigenvalue weighted by Gasteiger charge is 2.28. The number of nitrogens with one attached hydrogen (secondary N) is 2. The maximum absolute atomic E-state index is 13.6. The number of rotatable bonds is 11. The van der Waals surface area contributed by atoms with Crippen molar-refractivity contribution in [2.75, 3.05) is 35.1 Å². The van der Waals surface area contributed by atoms with Crippen LogP contribution in [0, 0.1) is 6.92 Å². The Labute approximate surface area is 250 Å². The molecule has 0 spiro atoms. The molecule has 0 radical (unpaired) electrons. The van der Waals surface area contributed by atoms with E-state index in [-0.39, 0.29) is 26.9 Å². The van der Waals surface area contributed by atoms with E-state index in [1.807, 2.05) is 0 Å². The number of carbonyl (C=O) groups excluding carboxylic acids is 1. The molecule has 13 heteroatoms. The highest BCUT2D eigenvalue weighted by Crippen LogP contribution is 2.31. The summed E-state index contributed by atoms with van der Waals surface area (Å²) in [5.74, 6) is 0.137. The fourth-order valence-corrected chi connectivity index (χ4v) is 6.69. The summed E-state index contributed by atoms with van der Waals surface area (Å²) in [5.41, 5.74) is 1.48. The number of carbonyl (C=O) groups is 1. The monoisotopic (exact) mass is 629 g/mol. The molecular weight excluding hydrogens is 602 g/mol. The SMILES string of the molecule is COc1ccc(NS(=O)(=O)c2ccc(NC(=O)CN(c3ccccc3C)S(=O)(=O)c3ccc(Cl)cc3)cc2)c(OC)c1. The number of amides is 1. The van der Waals surface area contributed by atoms with E-state index in [1.54, 1.807) is 43.3 Å². The van der Waals surface area contributed by atoms with E-state index < -0.39 is 32.5 Å². The topological polar surface area (TPSA) is 131 Å². The molecule has 4 rings (SSSR count). The number of nitrogens with zero attached hydrogens (tertiary/aromatic N) is 1. The van der Waals surface area contributed by atoms with Gasteiger partial charge in [-0.15, -0.1) is 0 Å². The van der Waals surface area contributed by atoms with E-state index in [4.69, 9.17) is 21.1 Å². The van der Waals surface area contributed by atoms with Gasteiger partial charge in [-0.3, -0.25) is 13.8 Å². The summed E-state index contributed by atoms with van der Waals surface area (Å²) in [6.45, 7) is 1.21. The Bertz CT molecular complexity index is 1800. The Hall–Kier alpha value is -4.26. The van der Waals surface area contributed by atoms with Crippen LogP contribution in [0.15, 0.2) is 101 Å². The zero-order chi connectivity index (χ0) is 30.5. The number of sulfonamides is 2. The predicted octanol–water partition coefficient (Wildman–Crippen LogP) is 5.30. The van der Waals surface area contributed by atoms with Gasteiger partial charge in [0.15, 0.2) is 0 Å². The van der Waals surface area contributed by atoms with Crippen molar-refractivity contribution in [2.24, 2.45) is 0 Å². The second-order valence-electron chi connectivity index (χ2n) is 9.00. The Kier molecular flexibility index (Phi) is 9.30. The molecule has 0 atom stereocenters. The number of benzene rings is 4. The van der Waals surface area contributed by atoms with Crippen LogP contribution in [-0.4, -0.2) is 43.5 Å². The number of anilines is 3. The first-order chi connectivity index (χ1) is 19.9. The zero-order valence-corrected chi connectivity index (χ0v) is 25.3. The van der Waals surface area contributed by atoms with Crippen LogP contribution in [0.5, 0.6) is 11.5 Å². The number of methoxy groups -OCH3 is 2. The molecule has 10 nitrogen and oxygen atoms in total. The fraction of sp³-hybridized carbons (Fsp3) is 0.138. The van der Waals surface area contributed by atoms with E-state index in [1.165, 1.54) is 68.8 Å². The molecule has 4 aromatic carbocycles. The molecule has 42 heavy (non-hydrogen) atoms. The molecule has 0 saturated carbocycles. The number of ether oxygens (including phenoxy) is 2. The Morgan fingerprint density at radius 1 is 0.833 bits per heavy atom. The lowest BCUT2D eigenvalue weighted by atomic mass is 10.2. The lowest BCUT2D eigenvalue weighted by molar-refractivity contribution is -0.114.